The number of hydrogen-bond acceptors (Lipinski definition) is 4. The van der Waals surface area contributed by atoms with Gasteiger partial charge in [-0.1, -0.05) is 23.4 Å². The van der Waals surface area contributed by atoms with Crippen molar-refractivity contribution in [2.75, 3.05) is 13.7 Å². The van der Waals surface area contributed by atoms with Gasteiger partial charge in [0.15, 0.2) is 5.96 Å². The summed E-state index contributed by atoms with van der Waals surface area (Å²) < 4.78 is 10.7. The third kappa shape index (κ3) is 4.74. The number of guanidine groups is 1. The highest BCUT2D eigenvalue weighted by atomic mass is 16.5. The van der Waals surface area contributed by atoms with Crippen LogP contribution in [0.2, 0.25) is 0 Å². The quantitative estimate of drug-likeness (QED) is 0.606. The van der Waals surface area contributed by atoms with Gasteiger partial charge in [0.25, 0.3) is 0 Å². The average molecular weight is 314 g/mol. The highest BCUT2D eigenvalue weighted by Gasteiger charge is 2.22. The molecule has 2 aromatic rings. The molecular weight excluding hydrogens is 292 g/mol. The van der Waals surface area contributed by atoms with Crippen LogP contribution in [0, 0.1) is 5.92 Å². The van der Waals surface area contributed by atoms with Gasteiger partial charge in [-0.25, -0.2) is 0 Å². The lowest BCUT2D eigenvalue weighted by molar-refractivity contribution is 0.296. The molecule has 1 saturated carbocycles. The van der Waals surface area contributed by atoms with Gasteiger partial charge in [-0.15, -0.1) is 0 Å². The van der Waals surface area contributed by atoms with Crippen LogP contribution in [0.1, 0.15) is 24.1 Å². The topological polar surface area (TPSA) is 71.7 Å². The second-order valence-electron chi connectivity index (χ2n) is 5.63. The van der Waals surface area contributed by atoms with Crippen LogP contribution in [0.15, 0.2) is 46.1 Å². The molecule has 122 valence electrons. The summed E-state index contributed by atoms with van der Waals surface area (Å²) in [5.74, 6) is 2.40. The maximum Gasteiger partial charge on any atom is 0.191 e. The van der Waals surface area contributed by atoms with Crippen LogP contribution < -0.4 is 15.4 Å². The lowest BCUT2D eigenvalue weighted by Crippen LogP contribution is -2.36. The van der Waals surface area contributed by atoms with E-state index in [0.29, 0.717) is 19.0 Å². The number of aliphatic imine (C=N–C) groups is 1. The van der Waals surface area contributed by atoms with Crippen LogP contribution in [-0.4, -0.2) is 24.8 Å². The van der Waals surface area contributed by atoms with Crippen molar-refractivity contribution in [3.63, 3.8) is 0 Å². The maximum absolute atomic E-state index is 5.92. The summed E-state index contributed by atoms with van der Waals surface area (Å²) in [5.41, 5.74) is 1.96. The molecular formula is C17H22N4O2. The van der Waals surface area contributed by atoms with E-state index in [1.807, 2.05) is 24.3 Å². The summed E-state index contributed by atoms with van der Waals surface area (Å²) in [7, 11) is 1.74. The normalized spacial score (nSPS) is 14.6. The minimum Gasteiger partial charge on any atom is -0.493 e. The van der Waals surface area contributed by atoms with E-state index in [-0.39, 0.29) is 0 Å². The van der Waals surface area contributed by atoms with Crippen molar-refractivity contribution in [3.8, 4) is 5.75 Å². The standard InChI is InChI=1S/C17H22N4O2/c1-18-17(20-11-15-8-9-23-21-15)19-10-14-4-2-3-5-16(14)22-12-13-6-7-13/h2-5,8-9,13H,6-7,10-12H2,1H3,(H2,18,19,20). The molecule has 1 aliphatic rings. The highest BCUT2D eigenvalue weighted by Crippen LogP contribution is 2.30. The van der Waals surface area contributed by atoms with Crippen molar-refractivity contribution in [3.05, 3.63) is 47.9 Å². The Morgan fingerprint density at radius 3 is 2.83 bits per heavy atom. The number of ether oxygens (including phenoxy) is 1. The fraction of sp³-hybridized carbons (Fsp3) is 0.412. The predicted octanol–water partition coefficient (Wildman–Crippen LogP) is 2.33. The molecule has 1 aromatic carbocycles. The second-order valence-corrected chi connectivity index (χ2v) is 5.63. The Morgan fingerprint density at radius 2 is 2.09 bits per heavy atom. The Bertz CT molecular complexity index is 636. The first kappa shape index (κ1) is 15.4. The molecule has 1 aromatic heterocycles. The number of hydrogen-bond donors (Lipinski definition) is 2. The van der Waals surface area contributed by atoms with Gasteiger partial charge in [-0.2, -0.15) is 0 Å². The van der Waals surface area contributed by atoms with Crippen molar-refractivity contribution in [1.29, 1.82) is 0 Å². The Balaban J connectivity index is 1.51. The Morgan fingerprint density at radius 1 is 1.26 bits per heavy atom. The van der Waals surface area contributed by atoms with E-state index in [4.69, 9.17) is 9.26 Å². The predicted molar refractivity (Wildman–Crippen MR) is 88.2 cm³/mol. The Kier molecular flexibility index (Phi) is 5.13. The van der Waals surface area contributed by atoms with E-state index in [1.165, 1.54) is 12.8 Å². The summed E-state index contributed by atoms with van der Waals surface area (Å²) in [5, 5.41) is 10.4. The third-order valence-electron chi connectivity index (χ3n) is 3.74. The third-order valence-corrected chi connectivity index (χ3v) is 3.74. The minimum atomic E-state index is 0.565. The van der Waals surface area contributed by atoms with Crippen molar-refractivity contribution in [2.24, 2.45) is 10.9 Å². The first-order valence-electron chi connectivity index (χ1n) is 7.89. The zero-order valence-corrected chi connectivity index (χ0v) is 13.3. The molecule has 0 unspecified atom stereocenters. The molecule has 1 aliphatic carbocycles. The van der Waals surface area contributed by atoms with Crippen molar-refractivity contribution >= 4 is 5.96 Å². The number of benzene rings is 1. The zero-order valence-electron chi connectivity index (χ0n) is 13.3. The van der Waals surface area contributed by atoms with Crippen LogP contribution >= 0.6 is 0 Å². The maximum atomic E-state index is 5.92. The van der Waals surface area contributed by atoms with Crippen LogP contribution in [0.5, 0.6) is 5.75 Å². The first-order valence-corrected chi connectivity index (χ1v) is 7.89. The van der Waals surface area contributed by atoms with E-state index in [0.717, 1.165) is 29.5 Å². The second kappa shape index (κ2) is 7.67. The molecule has 2 N–H and O–H groups in total. The summed E-state index contributed by atoms with van der Waals surface area (Å²) in [6.45, 7) is 2.03. The monoisotopic (exact) mass is 314 g/mol. The average Bonchev–Trinajstić information content (AvgIpc) is 3.27. The lowest BCUT2D eigenvalue weighted by atomic mass is 10.2. The van der Waals surface area contributed by atoms with Crippen molar-refractivity contribution in [1.82, 2.24) is 15.8 Å². The summed E-state index contributed by atoms with van der Waals surface area (Å²) in [6.07, 6.45) is 4.14. The van der Waals surface area contributed by atoms with E-state index in [9.17, 15) is 0 Å². The van der Waals surface area contributed by atoms with Crippen LogP contribution in [0.4, 0.5) is 0 Å². The summed E-state index contributed by atoms with van der Waals surface area (Å²) in [4.78, 5) is 4.21. The Labute approximate surface area is 135 Å². The fourth-order valence-corrected chi connectivity index (χ4v) is 2.19. The van der Waals surface area contributed by atoms with Gasteiger partial charge in [-0.3, -0.25) is 4.99 Å². The van der Waals surface area contributed by atoms with Crippen LogP contribution in [-0.2, 0) is 13.1 Å². The molecule has 0 amide bonds. The van der Waals surface area contributed by atoms with E-state index >= 15 is 0 Å². The zero-order chi connectivity index (χ0) is 15.9. The molecule has 6 heteroatoms. The van der Waals surface area contributed by atoms with Gasteiger partial charge >= 0.3 is 0 Å². The SMILES string of the molecule is CN=C(NCc1ccon1)NCc1ccccc1OCC1CC1. The molecule has 0 radical (unpaired) electrons. The van der Waals surface area contributed by atoms with Gasteiger partial charge in [0, 0.05) is 25.2 Å². The highest BCUT2D eigenvalue weighted by molar-refractivity contribution is 5.79. The number of para-hydroxylation sites is 1. The number of aromatic nitrogens is 1. The van der Waals surface area contributed by atoms with Gasteiger partial charge in [0.2, 0.25) is 0 Å². The van der Waals surface area contributed by atoms with Crippen LogP contribution in [0.25, 0.3) is 0 Å². The molecule has 0 aliphatic heterocycles. The van der Waals surface area contributed by atoms with Gasteiger partial charge in [0.05, 0.1) is 13.2 Å². The molecule has 1 fully saturated rings. The molecule has 6 nitrogen and oxygen atoms in total. The van der Waals surface area contributed by atoms with E-state index < -0.39 is 0 Å². The van der Waals surface area contributed by atoms with E-state index in [1.54, 1.807) is 13.3 Å². The van der Waals surface area contributed by atoms with Gasteiger partial charge in [0.1, 0.15) is 17.7 Å². The largest absolute Gasteiger partial charge is 0.493 e. The van der Waals surface area contributed by atoms with Crippen molar-refractivity contribution in [2.45, 2.75) is 25.9 Å². The number of nitrogens with zero attached hydrogens (tertiary/aromatic N) is 2. The molecule has 0 saturated heterocycles. The smallest absolute Gasteiger partial charge is 0.191 e. The van der Waals surface area contributed by atoms with E-state index in [2.05, 4.69) is 26.8 Å². The van der Waals surface area contributed by atoms with Crippen LogP contribution in [0.3, 0.4) is 0 Å². The number of rotatable bonds is 7. The summed E-state index contributed by atoms with van der Waals surface area (Å²) >= 11 is 0. The van der Waals surface area contributed by atoms with Gasteiger partial charge in [-0.05, 0) is 24.8 Å². The lowest BCUT2D eigenvalue weighted by Gasteiger charge is -2.14. The molecule has 0 atom stereocenters. The Hall–Kier alpha value is -2.50. The first-order chi connectivity index (χ1) is 11.3. The molecule has 0 bridgehead atoms. The minimum absolute atomic E-state index is 0.565. The van der Waals surface area contributed by atoms with Gasteiger partial charge < -0.3 is 19.9 Å². The summed E-state index contributed by atoms with van der Waals surface area (Å²) in [6, 6.07) is 9.93. The molecule has 0 spiro atoms. The number of nitrogens with one attached hydrogen (secondary N) is 2. The molecule has 23 heavy (non-hydrogen) atoms. The van der Waals surface area contributed by atoms with Crippen molar-refractivity contribution < 1.29 is 9.26 Å². The fourth-order valence-electron chi connectivity index (χ4n) is 2.19. The molecule has 1 heterocycles. The molecule has 3 rings (SSSR count).